The Kier molecular flexibility index (Phi) is 6.36. The van der Waals surface area contributed by atoms with Crippen LogP contribution in [-0.2, 0) is 4.74 Å². The van der Waals surface area contributed by atoms with Crippen LogP contribution in [0.15, 0.2) is 22.8 Å². The summed E-state index contributed by atoms with van der Waals surface area (Å²) in [4.78, 5) is 4.22. The molecule has 1 aromatic rings. The number of hydrogen-bond acceptors (Lipinski definition) is 3. The monoisotopic (exact) mass is 272 g/mol. The molecule has 0 radical (unpaired) electrons. The fourth-order valence-corrected chi connectivity index (χ4v) is 1.40. The molecule has 0 bridgehead atoms. The van der Waals surface area contributed by atoms with Crippen molar-refractivity contribution in [3.63, 3.8) is 0 Å². The Morgan fingerprint density at radius 2 is 2.27 bits per heavy atom. The van der Waals surface area contributed by atoms with Gasteiger partial charge in [-0.05, 0) is 47.8 Å². The Labute approximate surface area is 99.4 Å². The summed E-state index contributed by atoms with van der Waals surface area (Å²) in [5.74, 6) is 0.926. The van der Waals surface area contributed by atoms with E-state index in [-0.39, 0.29) is 0 Å². The number of rotatable bonds is 7. The van der Waals surface area contributed by atoms with Gasteiger partial charge in [-0.1, -0.05) is 0 Å². The predicted octanol–water partition coefficient (Wildman–Crippen LogP) is 3.07. The van der Waals surface area contributed by atoms with Gasteiger partial charge in [-0.25, -0.2) is 4.98 Å². The summed E-state index contributed by atoms with van der Waals surface area (Å²) in [5, 5.41) is 3.26. The fourth-order valence-electron chi connectivity index (χ4n) is 1.17. The van der Waals surface area contributed by atoms with Crippen LogP contribution in [0.1, 0.15) is 19.8 Å². The molecule has 4 heteroatoms. The number of aromatic nitrogens is 1. The molecule has 0 amide bonds. The summed E-state index contributed by atoms with van der Waals surface area (Å²) < 4.78 is 6.26. The number of nitrogens with one attached hydrogen (secondary N) is 1. The Bertz CT molecular complexity index is 264. The van der Waals surface area contributed by atoms with Gasteiger partial charge in [0.05, 0.1) is 0 Å². The summed E-state index contributed by atoms with van der Waals surface area (Å²) in [5.41, 5.74) is 0. The van der Waals surface area contributed by atoms with Gasteiger partial charge in [-0.3, -0.25) is 0 Å². The second kappa shape index (κ2) is 7.65. The SMILES string of the molecule is CCOCCCCNc1ccc(Br)cn1. The number of unbranched alkanes of at least 4 members (excludes halogenated alkanes) is 1. The third-order valence-electron chi connectivity index (χ3n) is 1.95. The van der Waals surface area contributed by atoms with Crippen LogP contribution in [0.4, 0.5) is 5.82 Å². The highest BCUT2D eigenvalue weighted by atomic mass is 79.9. The van der Waals surface area contributed by atoms with Crippen molar-refractivity contribution in [3.05, 3.63) is 22.8 Å². The first-order valence-electron chi connectivity index (χ1n) is 5.26. The zero-order valence-electron chi connectivity index (χ0n) is 9.00. The van der Waals surface area contributed by atoms with Gasteiger partial charge in [0.1, 0.15) is 5.82 Å². The minimum Gasteiger partial charge on any atom is -0.382 e. The van der Waals surface area contributed by atoms with Gasteiger partial charge in [0.25, 0.3) is 0 Å². The Morgan fingerprint density at radius 1 is 1.40 bits per heavy atom. The number of halogens is 1. The van der Waals surface area contributed by atoms with Gasteiger partial charge in [0.2, 0.25) is 0 Å². The van der Waals surface area contributed by atoms with Gasteiger partial charge in [0.15, 0.2) is 0 Å². The van der Waals surface area contributed by atoms with Crippen LogP contribution in [0.3, 0.4) is 0 Å². The second-order valence-electron chi connectivity index (χ2n) is 3.19. The molecule has 0 aromatic carbocycles. The van der Waals surface area contributed by atoms with Crippen molar-refractivity contribution in [1.29, 1.82) is 0 Å². The van der Waals surface area contributed by atoms with Crippen molar-refractivity contribution in [1.82, 2.24) is 4.98 Å². The summed E-state index contributed by atoms with van der Waals surface area (Å²) >= 11 is 3.35. The quantitative estimate of drug-likeness (QED) is 0.775. The fraction of sp³-hybridized carbons (Fsp3) is 0.545. The maximum absolute atomic E-state index is 5.25. The van der Waals surface area contributed by atoms with E-state index in [1.807, 2.05) is 19.1 Å². The molecule has 0 saturated carbocycles. The molecule has 0 aliphatic rings. The molecule has 1 rings (SSSR count). The van der Waals surface area contributed by atoms with Gasteiger partial charge < -0.3 is 10.1 Å². The lowest BCUT2D eigenvalue weighted by molar-refractivity contribution is 0.144. The van der Waals surface area contributed by atoms with E-state index >= 15 is 0 Å². The van der Waals surface area contributed by atoms with Crippen molar-refractivity contribution in [3.8, 4) is 0 Å². The highest BCUT2D eigenvalue weighted by molar-refractivity contribution is 9.10. The molecule has 3 nitrogen and oxygen atoms in total. The largest absolute Gasteiger partial charge is 0.382 e. The van der Waals surface area contributed by atoms with Gasteiger partial charge in [-0.2, -0.15) is 0 Å². The van der Waals surface area contributed by atoms with E-state index < -0.39 is 0 Å². The van der Waals surface area contributed by atoms with Crippen LogP contribution in [-0.4, -0.2) is 24.7 Å². The van der Waals surface area contributed by atoms with Gasteiger partial charge in [-0.15, -0.1) is 0 Å². The van der Waals surface area contributed by atoms with Crippen molar-refractivity contribution in [2.75, 3.05) is 25.1 Å². The number of pyridine rings is 1. The Balaban J connectivity index is 2.07. The van der Waals surface area contributed by atoms with E-state index in [1.165, 1.54) is 0 Å². The average molecular weight is 273 g/mol. The molecule has 0 aliphatic carbocycles. The Morgan fingerprint density at radius 3 is 2.93 bits per heavy atom. The first-order chi connectivity index (χ1) is 7.33. The van der Waals surface area contributed by atoms with E-state index in [0.29, 0.717) is 0 Å². The zero-order chi connectivity index (χ0) is 10.9. The number of hydrogen-bond donors (Lipinski definition) is 1. The molecular formula is C11H17BrN2O. The number of ether oxygens (including phenoxy) is 1. The lowest BCUT2D eigenvalue weighted by Gasteiger charge is -2.05. The molecule has 0 aliphatic heterocycles. The van der Waals surface area contributed by atoms with Crippen LogP contribution < -0.4 is 5.32 Å². The molecule has 1 N–H and O–H groups in total. The first-order valence-corrected chi connectivity index (χ1v) is 6.05. The van der Waals surface area contributed by atoms with E-state index in [2.05, 4.69) is 26.2 Å². The molecule has 0 atom stereocenters. The highest BCUT2D eigenvalue weighted by Crippen LogP contribution is 2.10. The van der Waals surface area contributed by atoms with Gasteiger partial charge in [0, 0.05) is 30.4 Å². The lowest BCUT2D eigenvalue weighted by Crippen LogP contribution is -2.04. The predicted molar refractivity (Wildman–Crippen MR) is 66.2 cm³/mol. The molecule has 0 saturated heterocycles. The number of nitrogens with zero attached hydrogens (tertiary/aromatic N) is 1. The molecule has 84 valence electrons. The van der Waals surface area contributed by atoms with Crippen LogP contribution in [0.25, 0.3) is 0 Å². The van der Waals surface area contributed by atoms with Gasteiger partial charge >= 0.3 is 0 Å². The van der Waals surface area contributed by atoms with Crippen molar-refractivity contribution >= 4 is 21.7 Å². The maximum atomic E-state index is 5.25. The third kappa shape index (κ3) is 5.74. The van der Waals surface area contributed by atoms with Crippen molar-refractivity contribution in [2.45, 2.75) is 19.8 Å². The second-order valence-corrected chi connectivity index (χ2v) is 4.11. The molecular weight excluding hydrogens is 256 g/mol. The minimum absolute atomic E-state index is 0.807. The normalized spacial score (nSPS) is 10.3. The number of anilines is 1. The van der Waals surface area contributed by atoms with E-state index in [4.69, 9.17) is 4.74 Å². The van der Waals surface area contributed by atoms with E-state index in [0.717, 1.165) is 42.9 Å². The van der Waals surface area contributed by atoms with Crippen LogP contribution in [0, 0.1) is 0 Å². The highest BCUT2D eigenvalue weighted by Gasteiger charge is 1.93. The van der Waals surface area contributed by atoms with Crippen LogP contribution >= 0.6 is 15.9 Å². The van der Waals surface area contributed by atoms with Crippen molar-refractivity contribution < 1.29 is 4.74 Å². The molecule has 0 unspecified atom stereocenters. The van der Waals surface area contributed by atoms with E-state index in [9.17, 15) is 0 Å². The smallest absolute Gasteiger partial charge is 0.125 e. The molecule has 0 spiro atoms. The molecule has 0 fully saturated rings. The summed E-state index contributed by atoms with van der Waals surface area (Å²) in [6.45, 7) is 4.62. The third-order valence-corrected chi connectivity index (χ3v) is 2.42. The molecule has 15 heavy (non-hydrogen) atoms. The Hall–Kier alpha value is -0.610. The van der Waals surface area contributed by atoms with Crippen molar-refractivity contribution in [2.24, 2.45) is 0 Å². The average Bonchev–Trinajstić information content (AvgIpc) is 2.26. The summed E-state index contributed by atoms with van der Waals surface area (Å²) in [6.07, 6.45) is 4.00. The topological polar surface area (TPSA) is 34.1 Å². The standard InChI is InChI=1S/C11H17BrN2O/c1-2-15-8-4-3-7-13-11-6-5-10(12)9-14-11/h5-6,9H,2-4,7-8H2,1H3,(H,13,14). The van der Waals surface area contributed by atoms with Crippen LogP contribution in [0.2, 0.25) is 0 Å². The van der Waals surface area contributed by atoms with E-state index in [1.54, 1.807) is 6.20 Å². The minimum atomic E-state index is 0.807. The lowest BCUT2D eigenvalue weighted by atomic mass is 10.3. The summed E-state index contributed by atoms with van der Waals surface area (Å²) in [7, 11) is 0. The first kappa shape index (κ1) is 12.5. The van der Waals surface area contributed by atoms with Crippen LogP contribution in [0.5, 0.6) is 0 Å². The molecule has 1 aromatic heterocycles. The summed E-state index contributed by atoms with van der Waals surface area (Å²) in [6, 6.07) is 3.95. The molecule has 1 heterocycles. The maximum Gasteiger partial charge on any atom is 0.125 e. The zero-order valence-corrected chi connectivity index (χ0v) is 10.6.